The molecule has 0 saturated heterocycles. The van der Waals surface area contributed by atoms with Crippen molar-refractivity contribution in [2.45, 2.75) is 38.5 Å². The number of halogens is 5. The SMILES string of the molecule is CCOC(=O)c1cc(-c2ccc(C(C)C(O)(c3c[nH]c(=O)c(C)c3)C(F)(F)F)c(Cl)c2)ccc1F. The van der Waals surface area contributed by atoms with Crippen LogP contribution in [0.1, 0.15) is 46.8 Å². The summed E-state index contributed by atoms with van der Waals surface area (Å²) in [6.45, 7) is 4.14. The Labute approximate surface area is 203 Å². The molecule has 2 atom stereocenters. The Kier molecular flexibility index (Phi) is 7.42. The van der Waals surface area contributed by atoms with E-state index < -0.39 is 40.6 Å². The molecular weight excluding hydrogens is 490 g/mol. The zero-order chi connectivity index (χ0) is 26.1. The smallest absolute Gasteiger partial charge is 0.422 e. The number of aromatic amines is 1. The normalized spacial score (nSPS) is 14.3. The van der Waals surface area contributed by atoms with E-state index in [1.165, 1.54) is 44.2 Å². The first-order chi connectivity index (χ1) is 16.3. The number of carbonyl (C=O) groups is 1. The van der Waals surface area contributed by atoms with Crippen molar-refractivity contribution < 1.29 is 32.2 Å². The maximum Gasteiger partial charge on any atom is 0.422 e. The lowest BCUT2D eigenvalue weighted by molar-refractivity contribution is -0.274. The van der Waals surface area contributed by atoms with Gasteiger partial charge in [-0.1, -0.05) is 36.7 Å². The molecule has 5 nitrogen and oxygen atoms in total. The van der Waals surface area contributed by atoms with Crippen LogP contribution in [0, 0.1) is 12.7 Å². The summed E-state index contributed by atoms with van der Waals surface area (Å²) in [5.41, 5.74) is -3.97. The molecule has 3 aromatic rings. The number of hydrogen-bond acceptors (Lipinski definition) is 4. The quantitative estimate of drug-likeness (QED) is 0.320. The highest BCUT2D eigenvalue weighted by atomic mass is 35.5. The molecule has 1 heterocycles. The van der Waals surface area contributed by atoms with Gasteiger partial charge in [0.1, 0.15) is 5.82 Å². The molecule has 35 heavy (non-hydrogen) atoms. The summed E-state index contributed by atoms with van der Waals surface area (Å²) in [5, 5.41) is 10.9. The molecule has 0 spiro atoms. The minimum atomic E-state index is -5.11. The first-order valence-electron chi connectivity index (χ1n) is 10.6. The summed E-state index contributed by atoms with van der Waals surface area (Å²) in [6.07, 6.45) is -4.28. The lowest BCUT2D eigenvalue weighted by Gasteiger charge is -2.37. The Balaban J connectivity index is 2.06. The third-order valence-electron chi connectivity index (χ3n) is 5.85. The number of rotatable bonds is 6. The second-order valence-corrected chi connectivity index (χ2v) is 8.44. The number of aromatic nitrogens is 1. The van der Waals surface area contributed by atoms with Gasteiger partial charge in [-0.3, -0.25) is 4.79 Å². The second-order valence-electron chi connectivity index (χ2n) is 8.04. The molecule has 2 N–H and O–H groups in total. The number of pyridine rings is 1. The Morgan fingerprint density at radius 2 is 1.77 bits per heavy atom. The average Bonchev–Trinajstić information content (AvgIpc) is 2.79. The first-order valence-corrected chi connectivity index (χ1v) is 10.9. The van der Waals surface area contributed by atoms with Gasteiger partial charge in [-0.25, -0.2) is 9.18 Å². The lowest BCUT2D eigenvalue weighted by Crippen LogP contribution is -2.47. The molecule has 10 heteroatoms. The number of alkyl halides is 3. The van der Waals surface area contributed by atoms with Crippen molar-refractivity contribution in [2.75, 3.05) is 6.61 Å². The van der Waals surface area contributed by atoms with Crippen LogP contribution in [-0.2, 0) is 10.3 Å². The monoisotopic (exact) mass is 511 g/mol. The van der Waals surface area contributed by atoms with Crippen LogP contribution in [0.4, 0.5) is 17.6 Å². The number of carbonyl (C=O) groups excluding carboxylic acids is 1. The summed E-state index contributed by atoms with van der Waals surface area (Å²) in [6, 6.07) is 8.86. The zero-order valence-corrected chi connectivity index (χ0v) is 19.7. The molecule has 0 bridgehead atoms. The zero-order valence-electron chi connectivity index (χ0n) is 19.0. The van der Waals surface area contributed by atoms with Crippen molar-refractivity contribution in [3.8, 4) is 11.1 Å². The minimum Gasteiger partial charge on any atom is -0.462 e. The molecule has 2 unspecified atom stereocenters. The van der Waals surface area contributed by atoms with Crippen LogP contribution in [0.2, 0.25) is 5.02 Å². The fourth-order valence-electron chi connectivity index (χ4n) is 3.83. The largest absolute Gasteiger partial charge is 0.462 e. The van der Waals surface area contributed by atoms with Crippen LogP contribution in [0.3, 0.4) is 0 Å². The molecule has 0 aliphatic carbocycles. The fourth-order valence-corrected chi connectivity index (χ4v) is 4.17. The Morgan fingerprint density at radius 3 is 2.34 bits per heavy atom. The Bertz CT molecular complexity index is 1320. The second kappa shape index (κ2) is 9.83. The van der Waals surface area contributed by atoms with Gasteiger partial charge in [0.25, 0.3) is 5.56 Å². The molecule has 0 saturated carbocycles. The highest BCUT2D eigenvalue weighted by molar-refractivity contribution is 6.31. The van der Waals surface area contributed by atoms with E-state index >= 15 is 0 Å². The van der Waals surface area contributed by atoms with Crippen LogP contribution >= 0.6 is 11.6 Å². The van der Waals surface area contributed by atoms with E-state index in [0.717, 1.165) is 18.3 Å². The number of aliphatic hydroxyl groups is 1. The maximum atomic E-state index is 14.2. The van der Waals surface area contributed by atoms with E-state index in [9.17, 15) is 32.3 Å². The predicted molar refractivity (Wildman–Crippen MR) is 123 cm³/mol. The van der Waals surface area contributed by atoms with E-state index in [0.29, 0.717) is 11.1 Å². The van der Waals surface area contributed by atoms with Gasteiger partial charge in [-0.15, -0.1) is 0 Å². The van der Waals surface area contributed by atoms with Gasteiger partial charge in [0, 0.05) is 28.3 Å². The molecule has 186 valence electrons. The van der Waals surface area contributed by atoms with Crippen LogP contribution < -0.4 is 5.56 Å². The average molecular weight is 512 g/mol. The van der Waals surface area contributed by atoms with E-state index in [1.54, 1.807) is 6.92 Å². The number of benzene rings is 2. The first kappa shape index (κ1) is 26.4. The number of hydrogen-bond donors (Lipinski definition) is 2. The third-order valence-corrected chi connectivity index (χ3v) is 6.18. The van der Waals surface area contributed by atoms with E-state index in [-0.39, 0.29) is 28.3 Å². The van der Waals surface area contributed by atoms with Crippen molar-refractivity contribution in [3.63, 3.8) is 0 Å². The lowest BCUT2D eigenvalue weighted by atomic mass is 9.77. The van der Waals surface area contributed by atoms with Crippen LogP contribution in [-0.4, -0.2) is 28.8 Å². The topological polar surface area (TPSA) is 79.4 Å². The third kappa shape index (κ3) is 4.97. The van der Waals surface area contributed by atoms with Crippen molar-refractivity contribution in [1.29, 1.82) is 0 Å². The maximum absolute atomic E-state index is 14.2. The number of H-pyrrole nitrogens is 1. The van der Waals surface area contributed by atoms with Crippen molar-refractivity contribution in [3.05, 3.63) is 92.1 Å². The number of ether oxygens (including phenoxy) is 1. The Morgan fingerprint density at radius 1 is 1.14 bits per heavy atom. The van der Waals surface area contributed by atoms with Crippen LogP contribution in [0.15, 0.2) is 53.5 Å². The van der Waals surface area contributed by atoms with E-state index in [4.69, 9.17) is 16.3 Å². The van der Waals surface area contributed by atoms with E-state index in [1.807, 2.05) is 0 Å². The van der Waals surface area contributed by atoms with Crippen molar-refractivity contribution in [2.24, 2.45) is 0 Å². The number of nitrogens with one attached hydrogen (secondary N) is 1. The molecule has 0 amide bonds. The van der Waals surface area contributed by atoms with Gasteiger partial charge in [-0.2, -0.15) is 13.2 Å². The van der Waals surface area contributed by atoms with Gasteiger partial charge in [0.05, 0.1) is 12.2 Å². The minimum absolute atomic E-state index is 0.00698. The summed E-state index contributed by atoms with van der Waals surface area (Å²) in [5.74, 6) is -3.21. The van der Waals surface area contributed by atoms with Gasteiger partial charge < -0.3 is 14.8 Å². The van der Waals surface area contributed by atoms with Crippen LogP contribution in [0.5, 0.6) is 0 Å². The van der Waals surface area contributed by atoms with Gasteiger partial charge in [0.15, 0.2) is 5.60 Å². The number of esters is 1. The molecule has 0 aliphatic rings. The van der Waals surface area contributed by atoms with Gasteiger partial charge >= 0.3 is 12.1 Å². The summed E-state index contributed by atoms with van der Waals surface area (Å²) in [7, 11) is 0. The van der Waals surface area contributed by atoms with E-state index in [2.05, 4.69) is 4.98 Å². The fraction of sp³-hybridized carbons (Fsp3) is 0.280. The number of aryl methyl sites for hydroxylation is 1. The van der Waals surface area contributed by atoms with Crippen molar-refractivity contribution in [1.82, 2.24) is 4.98 Å². The summed E-state index contributed by atoms with van der Waals surface area (Å²) < 4.78 is 61.5. The molecule has 3 rings (SSSR count). The molecular formula is C25H22ClF4NO4. The summed E-state index contributed by atoms with van der Waals surface area (Å²) in [4.78, 5) is 25.9. The highest BCUT2D eigenvalue weighted by Crippen LogP contribution is 2.49. The molecule has 1 aromatic heterocycles. The summed E-state index contributed by atoms with van der Waals surface area (Å²) >= 11 is 6.36. The standard InChI is InChI=1S/C25H22ClF4NO4/c1-4-35-23(33)19-10-15(6-8-21(19)27)16-5-7-18(20(26)11-16)14(3)24(34,25(28,29)30)17-9-13(2)22(32)31-12-17/h5-12,14,34H,4H2,1-3H3,(H,31,32). The van der Waals surface area contributed by atoms with Crippen molar-refractivity contribution >= 4 is 17.6 Å². The molecule has 0 aliphatic heterocycles. The Hall–Kier alpha value is -3.17. The van der Waals surface area contributed by atoms with Gasteiger partial charge in [0.2, 0.25) is 0 Å². The highest BCUT2D eigenvalue weighted by Gasteiger charge is 2.59. The molecule has 0 fully saturated rings. The molecule has 0 radical (unpaired) electrons. The van der Waals surface area contributed by atoms with Crippen LogP contribution in [0.25, 0.3) is 11.1 Å². The van der Waals surface area contributed by atoms with Gasteiger partial charge in [-0.05, 0) is 54.8 Å². The molecule has 2 aromatic carbocycles. The predicted octanol–water partition coefficient (Wildman–Crippen LogP) is 5.87.